The summed E-state index contributed by atoms with van der Waals surface area (Å²) < 4.78 is 1.85. The van der Waals surface area contributed by atoms with Crippen molar-refractivity contribution in [1.29, 1.82) is 0 Å². The highest BCUT2D eigenvalue weighted by Crippen LogP contribution is 2.17. The average molecular weight is 279 g/mol. The normalized spacial score (nSPS) is 10.8. The first-order valence-electron chi connectivity index (χ1n) is 6.87. The van der Waals surface area contributed by atoms with Gasteiger partial charge >= 0.3 is 0 Å². The first kappa shape index (κ1) is 13.4. The molecule has 0 atom stereocenters. The number of nitrogens with zero attached hydrogens (tertiary/aromatic N) is 2. The third-order valence-electron chi connectivity index (χ3n) is 3.48. The minimum atomic E-state index is -0.191. The number of aromatic nitrogens is 2. The highest BCUT2D eigenvalue weighted by atomic mass is 16.1. The number of anilines is 1. The predicted octanol–water partition coefficient (Wildman–Crippen LogP) is 3.51. The first-order valence-corrected chi connectivity index (χ1v) is 6.87. The number of aryl methyl sites for hydroxylation is 3. The van der Waals surface area contributed by atoms with Crippen LogP contribution in [0.15, 0.2) is 42.7 Å². The van der Waals surface area contributed by atoms with Crippen molar-refractivity contribution in [2.75, 3.05) is 5.32 Å². The van der Waals surface area contributed by atoms with Crippen molar-refractivity contribution in [1.82, 2.24) is 9.38 Å². The maximum atomic E-state index is 12.3. The van der Waals surface area contributed by atoms with Crippen LogP contribution in [0.1, 0.15) is 27.2 Å². The Kier molecular flexibility index (Phi) is 3.22. The summed E-state index contributed by atoms with van der Waals surface area (Å²) in [6.07, 6.45) is 3.65. The van der Waals surface area contributed by atoms with Crippen molar-refractivity contribution in [2.45, 2.75) is 20.8 Å². The molecule has 4 heteroatoms. The largest absolute Gasteiger partial charge is 0.320 e. The average Bonchev–Trinajstić information content (AvgIpc) is 2.85. The molecule has 0 saturated carbocycles. The van der Waals surface area contributed by atoms with Crippen LogP contribution in [-0.4, -0.2) is 15.3 Å². The number of fused-ring (bicyclic) bond motifs is 1. The number of carbonyl (C=O) groups is 1. The number of hydrogen-bond donors (Lipinski definition) is 1. The van der Waals surface area contributed by atoms with Gasteiger partial charge in [0.25, 0.3) is 5.91 Å². The lowest BCUT2D eigenvalue weighted by molar-refractivity contribution is 0.102. The second-order valence-electron chi connectivity index (χ2n) is 5.37. The van der Waals surface area contributed by atoms with E-state index in [2.05, 4.69) is 10.3 Å². The van der Waals surface area contributed by atoms with Gasteiger partial charge in [-0.3, -0.25) is 4.79 Å². The Morgan fingerprint density at radius 2 is 1.86 bits per heavy atom. The van der Waals surface area contributed by atoms with Crippen molar-refractivity contribution >= 4 is 17.2 Å². The van der Waals surface area contributed by atoms with Gasteiger partial charge in [-0.25, -0.2) is 4.98 Å². The fourth-order valence-electron chi connectivity index (χ4n) is 2.33. The molecule has 3 aromatic rings. The van der Waals surface area contributed by atoms with Gasteiger partial charge in [0.15, 0.2) is 0 Å². The minimum absolute atomic E-state index is 0.191. The van der Waals surface area contributed by atoms with Crippen LogP contribution in [0.4, 0.5) is 5.69 Å². The molecule has 0 radical (unpaired) electrons. The smallest absolute Gasteiger partial charge is 0.275 e. The molecule has 106 valence electrons. The Bertz CT molecular complexity index is 833. The van der Waals surface area contributed by atoms with E-state index in [1.165, 1.54) is 5.56 Å². The molecule has 0 aliphatic carbocycles. The van der Waals surface area contributed by atoms with Crippen LogP contribution in [0.2, 0.25) is 0 Å². The van der Waals surface area contributed by atoms with E-state index >= 15 is 0 Å². The predicted molar refractivity (Wildman–Crippen MR) is 83.8 cm³/mol. The molecule has 3 rings (SSSR count). The molecule has 0 fully saturated rings. The number of imidazole rings is 1. The van der Waals surface area contributed by atoms with E-state index < -0.39 is 0 Å². The third-order valence-corrected chi connectivity index (χ3v) is 3.48. The van der Waals surface area contributed by atoms with Crippen LogP contribution in [0.25, 0.3) is 5.65 Å². The van der Waals surface area contributed by atoms with Gasteiger partial charge in [-0.05, 0) is 50.1 Å². The van der Waals surface area contributed by atoms with Crippen LogP contribution in [0.5, 0.6) is 0 Å². The molecule has 21 heavy (non-hydrogen) atoms. The second-order valence-corrected chi connectivity index (χ2v) is 5.37. The summed E-state index contributed by atoms with van der Waals surface area (Å²) >= 11 is 0. The number of nitrogens with one attached hydrogen (secondary N) is 1. The number of carbonyl (C=O) groups excluding carboxylic acids is 1. The lowest BCUT2D eigenvalue weighted by atomic mass is 10.1. The Labute approximate surface area is 123 Å². The molecule has 1 N–H and O–H groups in total. The van der Waals surface area contributed by atoms with Gasteiger partial charge < -0.3 is 9.72 Å². The standard InChI is InChI=1S/C17H17N3O/c1-11-4-5-14(13(3)8-11)19-17(21)15-10-20-7-6-12(2)9-16(20)18-15/h4-10H,1-3H3,(H,19,21). The molecular weight excluding hydrogens is 262 g/mol. The van der Waals surface area contributed by atoms with Crippen molar-refractivity contribution in [3.63, 3.8) is 0 Å². The van der Waals surface area contributed by atoms with Gasteiger partial charge in [-0.2, -0.15) is 0 Å². The molecule has 4 nitrogen and oxygen atoms in total. The zero-order valence-corrected chi connectivity index (χ0v) is 12.3. The number of benzene rings is 1. The fraction of sp³-hybridized carbons (Fsp3) is 0.176. The van der Waals surface area contributed by atoms with E-state index in [9.17, 15) is 4.79 Å². The summed E-state index contributed by atoms with van der Waals surface area (Å²) in [4.78, 5) is 16.7. The van der Waals surface area contributed by atoms with Crippen LogP contribution < -0.4 is 5.32 Å². The maximum absolute atomic E-state index is 12.3. The topological polar surface area (TPSA) is 46.4 Å². The number of rotatable bonds is 2. The highest BCUT2D eigenvalue weighted by molar-refractivity contribution is 6.03. The van der Waals surface area contributed by atoms with E-state index in [0.717, 1.165) is 22.5 Å². The van der Waals surface area contributed by atoms with Gasteiger partial charge in [0.05, 0.1) is 0 Å². The quantitative estimate of drug-likeness (QED) is 0.780. The zero-order valence-electron chi connectivity index (χ0n) is 12.3. The zero-order chi connectivity index (χ0) is 15.0. The first-order chi connectivity index (χ1) is 10.0. The summed E-state index contributed by atoms with van der Waals surface area (Å²) in [5, 5.41) is 2.91. The van der Waals surface area contributed by atoms with Crippen molar-refractivity contribution in [3.05, 3.63) is 65.1 Å². The molecule has 0 bridgehead atoms. The number of amides is 1. The van der Waals surface area contributed by atoms with Crippen LogP contribution in [-0.2, 0) is 0 Å². The highest BCUT2D eigenvalue weighted by Gasteiger charge is 2.12. The van der Waals surface area contributed by atoms with E-state index in [1.54, 1.807) is 6.20 Å². The SMILES string of the molecule is Cc1ccc(NC(=O)c2cn3ccc(C)cc3n2)c(C)c1. The van der Waals surface area contributed by atoms with Crippen molar-refractivity contribution in [2.24, 2.45) is 0 Å². The summed E-state index contributed by atoms with van der Waals surface area (Å²) in [7, 11) is 0. The minimum Gasteiger partial charge on any atom is -0.320 e. The lowest BCUT2D eigenvalue weighted by Crippen LogP contribution is -2.13. The monoisotopic (exact) mass is 279 g/mol. The molecular formula is C17H17N3O. The molecule has 2 heterocycles. The van der Waals surface area contributed by atoms with Gasteiger partial charge in [0, 0.05) is 18.1 Å². The van der Waals surface area contributed by atoms with E-state index in [-0.39, 0.29) is 5.91 Å². The maximum Gasteiger partial charge on any atom is 0.275 e. The van der Waals surface area contributed by atoms with Gasteiger partial charge in [0.2, 0.25) is 0 Å². The van der Waals surface area contributed by atoms with E-state index in [1.807, 2.05) is 61.7 Å². The summed E-state index contributed by atoms with van der Waals surface area (Å²) in [5.41, 5.74) is 5.35. The van der Waals surface area contributed by atoms with Gasteiger partial charge in [-0.15, -0.1) is 0 Å². The third kappa shape index (κ3) is 2.65. The molecule has 1 aromatic carbocycles. The molecule has 0 aliphatic heterocycles. The van der Waals surface area contributed by atoms with Crippen LogP contribution >= 0.6 is 0 Å². The second kappa shape index (κ2) is 5.05. The van der Waals surface area contributed by atoms with Crippen LogP contribution in [0, 0.1) is 20.8 Å². The van der Waals surface area contributed by atoms with E-state index in [4.69, 9.17) is 0 Å². The summed E-state index contributed by atoms with van der Waals surface area (Å²) in [5.74, 6) is -0.191. The molecule has 0 saturated heterocycles. The van der Waals surface area contributed by atoms with E-state index in [0.29, 0.717) is 5.69 Å². The Morgan fingerprint density at radius 1 is 1.10 bits per heavy atom. The lowest BCUT2D eigenvalue weighted by Gasteiger charge is -2.07. The summed E-state index contributed by atoms with van der Waals surface area (Å²) in [6.45, 7) is 6.02. The number of hydrogen-bond acceptors (Lipinski definition) is 2. The molecule has 0 unspecified atom stereocenters. The number of pyridine rings is 1. The Morgan fingerprint density at radius 3 is 2.62 bits per heavy atom. The molecule has 2 aromatic heterocycles. The molecule has 0 spiro atoms. The Hall–Kier alpha value is -2.62. The Balaban J connectivity index is 1.89. The molecule has 0 aliphatic rings. The van der Waals surface area contributed by atoms with Crippen LogP contribution in [0.3, 0.4) is 0 Å². The summed E-state index contributed by atoms with van der Waals surface area (Å²) in [6, 6.07) is 9.88. The van der Waals surface area contributed by atoms with Gasteiger partial charge in [0.1, 0.15) is 11.3 Å². The van der Waals surface area contributed by atoms with Crippen molar-refractivity contribution < 1.29 is 4.79 Å². The fourth-order valence-corrected chi connectivity index (χ4v) is 2.33. The van der Waals surface area contributed by atoms with Gasteiger partial charge in [-0.1, -0.05) is 17.7 Å². The van der Waals surface area contributed by atoms with Crippen molar-refractivity contribution in [3.8, 4) is 0 Å². The molecule has 1 amide bonds.